The minimum atomic E-state index is -0.0114. The van der Waals surface area contributed by atoms with Crippen LogP contribution in [0.25, 0.3) is 15.9 Å². The van der Waals surface area contributed by atoms with Gasteiger partial charge in [-0.15, -0.1) is 11.3 Å². The summed E-state index contributed by atoms with van der Waals surface area (Å²) in [5.41, 5.74) is 3.08. The van der Waals surface area contributed by atoms with Crippen LogP contribution < -0.4 is 10.3 Å². The molecule has 2 aromatic heterocycles. The second kappa shape index (κ2) is 9.33. The van der Waals surface area contributed by atoms with Gasteiger partial charge in [-0.25, -0.2) is 4.98 Å². The molecule has 0 fully saturated rings. The van der Waals surface area contributed by atoms with Gasteiger partial charge in [0.1, 0.15) is 10.6 Å². The van der Waals surface area contributed by atoms with Crippen molar-refractivity contribution in [1.29, 1.82) is 0 Å². The quantitative estimate of drug-likeness (QED) is 0.257. The lowest BCUT2D eigenvalue weighted by atomic mass is 9.96. The lowest BCUT2D eigenvalue weighted by Crippen LogP contribution is -2.28. The largest absolute Gasteiger partial charge is 0.497 e. The normalized spacial score (nSPS) is 15.7. The number of hydrogen-bond acceptors (Lipinski definition) is 6. The third-order valence-electron chi connectivity index (χ3n) is 6.00. The van der Waals surface area contributed by atoms with Gasteiger partial charge in [-0.2, -0.15) is 0 Å². The smallest absolute Gasteiger partial charge is 0.267 e. The number of fused-ring (bicyclic) bond motifs is 3. The van der Waals surface area contributed by atoms with Crippen LogP contribution in [0.3, 0.4) is 0 Å². The fourth-order valence-electron chi connectivity index (χ4n) is 4.11. The van der Waals surface area contributed by atoms with Crippen molar-refractivity contribution in [2.24, 2.45) is 5.92 Å². The summed E-state index contributed by atoms with van der Waals surface area (Å²) in [4.78, 5) is 20.9. The van der Waals surface area contributed by atoms with Crippen molar-refractivity contribution < 1.29 is 9.47 Å². The molecule has 0 radical (unpaired) electrons. The third kappa shape index (κ3) is 4.33. The highest BCUT2D eigenvalue weighted by atomic mass is 32.2. The molecule has 33 heavy (non-hydrogen) atoms. The summed E-state index contributed by atoms with van der Waals surface area (Å²) in [7, 11) is 1.64. The van der Waals surface area contributed by atoms with Crippen LogP contribution in [0.4, 0.5) is 0 Å². The zero-order valence-electron chi connectivity index (χ0n) is 18.9. The van der Waals surface area contributed by atoms with Crippen molar-refractivity contribution in [2.45, 2.75) is 43.9 Å². The first-order valence-corrected chi connectivity index (χ1v) is 12.9. The number of thiophene rings is 1. The van der Waals surface area contributed by atoms with Gasteiger partial charge in [0, 0.05) is 17.1 Å². The topological polar surface area (TPSA) is 53.4 Å². The van der Waals surface area contributed by atoms with Crippen molar-refractivity contribution in [3.63, 3.8) is 0 Å². The molecule has 4 aromatic rings. The molecule has 1 aliphatic heterocycles. The van der Waals surface area contributed by atoms with E-state index in [4.69, 9.17) is 14.5 Å². The van der Waals surface area contributed by atoms with Gasteiger partial charge in [0.2, 0.25) is 0 Å². The Morgan fingerprint density at radius 3 is 2.64 bits per heavy atom. The van der Waals surface area contributed by atoms with E-state index in [-0.39, 0.29) is 11.7 Å². The van der Waals surface area contributed by atoms with E-state index in [0.717, 1.165) is 44.3 Å². The second-order valence-corrected chi connectivity index (χ2v) is 10.5. The zero-order valence-corrected chi connectivity index (χ0v) is 20.5. The van der Waals surface area contributed by atoms with Gasteiger partial charge in [0.15, 0.2) is 5.16 Å². The van der Waals surface area contributed by atoms with Gasteiger partial charge >= 0.3 is 0 Å². The van der Waals surface area contributed by atoms with Gasteiger partial charge < -0.3 is 9.47 Å². The van der Waals surface area contributed by atoms with Crippen molar-refractivity contribution in [2.75, 3.05) is 7.11 Å². The Labute approximate surface area is 201 Å². The highest BCUT2D eigenvalue weighted by molar-refractivity contribution is 7.98. The third-order valence-corrected chi connectivity index (χ3v) is 8.11. The molecule has 1 aliphatic rings. The Bertz CT molecular complexity index is 1330. The van der Waals surface area contributed by atoms with E-state index in [0.29, 0.717) is 17.7 Å². The Morgan fingerprint density at radius 1 is 1.18 bits per heavy atom. The summed E-state index contributed by atoms with van der Waals surface area (Å²) in [6.07, 6.45) is 0.875. The van der Waals surface area contributed by atoms with Crippen molar-refractivity contribution in [3.8, 4) is 11.4 Å². The fraction of sp³-hybridized carbons (Fsp3) is 0.308. The predicted molar refractivity (Wildman–Crippen MR) is 135 cm³/mol. The highest BCUT2D eigenvalue weighted by Crippen LogP contribution is 2.36. The average Bonchev–Trinajstić information content (AvgIpc) is 3.21. The van der Waals surface area contributed by atoms with E-state index < -0.39 is 0 Å². The van der Waals surface area contributed by atoms with Gasteiger partial charge in [-0.05, 0) is 41.3 Å². The molecule has 0 spiro atoms. The Morgan fingerprint density at radius 2 is 1.94 bits per heavy atom. The lowest BCUT2D eigenvalue weighted by Gasteiger charge is -2.26. The monoisotopic (exact) mass is 478 g/mol. The predicted octanol–water partition coefficient (Wildman–Crippen LogP) is 5.85. The molecule has 0 bridgehead atoms. The van der Waals surface area contributed by atoms with Crippen molar-refractivity contribution in [3.05, 3.63) is 81.0 Å². The minimum absolute atomic E-state index is 0.0114. The molecule has 0 unspecified atom stereocenters. The van der Waals surface area contributed by atoms with Crippen LogP contribution >= 0.6 is 23.1 Å². The lowest BCUT2D eigenvalue weighted by molar-refractivity contribution is 0.00200. The summed E-state index contributed by atoms with van der Waals surface area (Å²) in [6.45, 7) is 4.88. The number of ether oxygens (including phenoxy) is 2. The zero-order chi connectivity index (χ0) is 22.9. The number of nitrogens with zero attached hydrogens (tertiary/aromatic N) is 2. The van der Waals surface area contributed by atoms with Crippen LogP contribution in [0.2, 0.25) is 0 Å². The molecule has 5 rings (SSSR count). The van der Waals surface area contributed by atoms with Crippen LogP contribution in [-0.4, -0.2) is 22.8 Å². The maximum Gasteiger partial charge on any atom is 0.267 e. The highest BCUT2D eigenvalue weighted by Gasteiger charge is 2.28. The van der Waals surface area contributed by atoms with Crippen molar-refractivity contribution >= 4 is 33.3 Å². The van der Waals surface area contributed by atoms with E-state index in [9.17, 15) is 4.79 Å². The molecule has 170 valence electrons. The number of thioether (sulfide) groups is 1. The van der Waals surface area contributed by atoms with Crippen LogP contribution in [0, 0.1) is 5.92 Å². The summed E-state index contributed by atoms with van der Waals surface area (Å²) in [5.74, 6) is 1.88. The molecule has 0 N–H and O–H groups in total. The fourth-order valence-corrected chi connectivity index (χ4v) is 6.25. The Kier molecular flexibility index (Phi) is 6.27. The van der Waals surface area contributed by atoms with E-state index in [1.54, 1.807) is 34.8 Å². The van der Waals surface area contributed by atoms with Crippen LogP contribution in [-0.2, 0) is 23.5 Å². The molecule has 3 heterocycles. The molecule has 7 heteroatoms. The van der Waals surface area contributed by atoms with Gasteiger partial charge in [-0.1, -0.05) is 55.9 Å². The summed E-state index contributed by atoms with van der Waals surface area (Å²) in [5, 5.41) is 1.44. The number of methoxy groups -OCH3 is 1. The summed E-state index contributed by atoms with van der Waals surface area (Å²) < 4.78 is 13.1. The van der Waals surface area contributed by atoms with E-state index in [1.165, 1.54) is 5.56 Å². The van der Waals surface area contributed by atoms with Crippen molar-refractivity contribution in [1.82, 2.24) is 9.55 Å². The summed E-state index contributed by atoms with van der Waals surface area (Å²) in [6, 6.07) is 17.8. The number of hydrogen-bond donors (Lipinski definition) is 0. The molecule has 0 saturated carbocycles. The molecule has 1 atom stereocenters. The first-order valence-electron chi connectivity index (χ1n) is 11.0. The standard InChI is InChI=1S/C26H26N2O3S2/c1-16(2)21-13-20-22(14-31-21)33-24-23(20)25(29)28(18-9-11-19(30-3)12-10-18)26(27-24)32-15-17-7-5-4-6-8-17/h4-12,16,21H,13-15H2,1-3H3/t21-/m1/s1. The number of benzene rings is 2. The number of aromatic nitrogens is 2. The van der Waals surface area contributed by atoms with Crippen LogP contribution in [0.15, 0.2) is 64.5 Å². The average molecular weight is 479 g/mol. The molecule has 5 nitrogen and oxygen atoms in total. The van der Waals surface area contributed by atoms with Gasteiger partial charge in [0.25, 0.3) is 5.56 Å². The van der Waals surface area contributed by atoms with Crippen LogP contribution in [0.5, 0.6) is 5.75 Å². The SMILES string of the molecule is COc1ccc(-n2c(SCc3ccccc3)nc3sc4c(c3c2=O)C[C@H](C(C)C)OC4)cc1. The Hall–Kier alpha value is -2.61. The molecule has 0 aliphatic carbocycles. The van der Waals surface area contributed by atoms with E-state index >= 15 is 0 Å². The first kappa shape index (κ1) is 22.2. The van der Waals surface area contributed by atoms with Gasteiger partial charge in [-0.3, -0.25) is 9.36 Å². The summed E-state index contributed by atoms with van der Waals surface area (Å²) >= 11 is 3.17. The Balaban J connectivity index is 1.65. The van der Waals surface area contributed by atoms with Crippen LogP contribution in [0.1, 0.15) is 29.9 Å². The molecular weight excluding hydrogens is 452 g/mol. The second-order valence-electron chi connectivity index (χ2n) is 8.49. The molecular formula is C26H26N2O3S2. The maximum absolute atomic E-state index is 14.0. The maximum atomic E-state index is 14.0. The van der Waals surface area contributed by atoms with E-state index in [2.05, 4.69) is 26.0 Å². The van der Waals surface area contributed by atoms with Gasteiger partial charge in [0.05, 0.1) is 30.9 Å². The van der Waals surface area contributed by atoms with E-state index in [1.807, 2.05) is 42.5 Å². The first-order chi connectivity index (χ1) is 16.0. The minimum Gasteiger partial charge on any atom is -0.497 e. The molecule has 0 saturated heterocycles. The molecule has 0 amide bonds. The molecule has 2 aromatic carbocycles. The number of rotatable bonds is 6.